The number of nitrogens with one attached hydrogen (secondary N) is 1. The molecule has 1 aliphatic rings. The third kappa shape index (κ3) is 3.54. The number of aromatic nitrogens is 1. The van der Waals surface area contributed by atoms with Gasteiger partial charge in [-0.25, -0.2) is 0 Å². The van der Waals surface area contributed by atoms with Crippen LogP contribution in [0.3, 0.4) is 0 Å². The molecule has 0 amide bonds. The number of hydrogen-bond donors (Lipinski definition) is 1. The first-order valence-electron chi connectivity index (χ1n) is 7.49. The van der Waals surface area contributed by atoms with E-state index in [0.29, 0.717) is 12.1 Å². The van der Waals surface area contributed by atoms with Crippen molar-refractivity contribution >= 4 is 0 Å². The summed E-state index contributed by atoms with van der Waals surface area (Å²) in [5, 5.41) is 3.74. The van der Waals surface area contributed by atoms with Gasteiger partial charge in [0.25, 0.3) is 0 Å². The molecular weight excluding hydrogens is 236 g/mol. The van der Waals surface area contributed by atoms with Crippen LogP contribution in [0.5, 0.6) is 0 Å². The largest absolute Gasteiger partial charge is 0.375 e. The van der Waals surface area contributed by atoms with Crippen LogP contribution in [0.15, 0.2) is 24.5 Å². The predicted octanol–water partition coefficient (Wildman–Crippen LogP) is 3.47. The molecule has 1 saturated heterocycles. The van der Waals surface area contributed by atoms with Gasteiger partial charge in [0.15, 0.2) is 0 Å². The van der Waals surface area contributed by atoms with E-state index in [4.69, 9.17) is 4.74 Å². The summed E-state index contributed by atoms with van der Waals surface area (Å²) < 4.78 is 6.03. The first-order chi connectivity index (χ1) is 9.19. The summed E-state index contributed by atoms with van der Waals surface area (Å²) in [5.74, 6) is 0. The summed E-state index contributed by atoms with van der Waals surface area (Å²) >= 11 is 0. The Morgan fingerprint density at radius 3 is 2.89 bits per heavy atom. The lowest BCUT2D eigenvalue weighted by atomic mass is 9.85. The number of hydrogen-bond acceptors (Lipinski definition) is 3. The molecule has 3 heteroatoms. The highest BCUT2D eigenvalue weighted by molar-refractivity contribution is 5.13. The topological polar surface area (TPSA) is 34.2 Å². The molecule has 0 saturated carbocycles. The van der Waals surface area contributed by atoms with Crippen LogP contribution in [0.4, 0.5) is 0 Å². The molecule has 2 rings (SSSR count). The second kappa shape index (κ2) is 6.49. The van der Waals surface area contributed by atoms with Crippen molar-refractivity contribution in [3.63, 3.8) is 0 Å². The molecule has 2 unspecified atom stereocenters. The van der Waals surface area contributed by atoms with Crippen LogP contribution >= 0.6 is 0 Å². The molecule has 1 N–H and O–H groups in total. The van der Waals surface area contributed by atoms with Gasteiger partial charge in [-0.05, 0) is 44.2 Å². The summed E-state index contributed by atoms with van der Waals surface area (Å²) in [7, 11) is 0. The third-order valence-corrected chi connectivity index (χ3v) is 4.45. The Morgan fingerprint density at radius 2 is 2.26 bits per heavy atom. The summed E-state index contributed by atoms with van der Waals surface area (Å²) in [6.45, 7) is 7.55. The van der Waals surface area contributed by atoms with Crippen LogP contribution in [0.25, 0.3) is 0 Å². The maximum absolute atomic E-state index is 6.03. The van der Waals surface area contributed by atoms with E-state index in [2.05, 4.69) is 37.1 Å². The standard InChI is InChI=1S/C16H26N2O/c1-4-16(5-2)11-15(8-10-19-16)18-13(3)14-7-6-9-17-12-14/h6-7,9,12-13,15,18H,4-5,8,10-11H2,1-3H3. The van der Waals surface area contributed by atoms with E-state index in [9.17, 15) is 0 Å². The highest BCUT2D eigenvalue weighted by atomic mass is 16.5. The van der Waals surface area contributed by atoms with Crippen LogP contribution in [-0.4, -0.2) is 23.2 Å². The van der Waals surface area contributed by atoms with Gasteiger partial charge in [-0.1, -0.05) is 19.9 Å². The zero-order valence-electron chi connectivity index (χ0n) is 12.4. The molecule has 106 valence electrons. The molecule has 1 aromatic rings. The van der Waals surface area contributed by atoms with Crippen molar-refractivity contribution in [1.29, 1.82) is 0 Å². The quantitative estimate of drug-likeness (QED) is 0.882. The average Bonchev–Trinajstić information content (AvgIpc) is 2.48. The van der Waals surface area contributed by atoms with E-state index in [1.807, 2.05) is 18.5 Å². The lowest BCUT2D eigenvalue weighted by Gasteiger charge is -2.41. The van der Waals surface area contributed by atoms with Crippen molar-refractivity contribution in [1.82, 2.24) is 10.3 Å². The summed E-state index contributed by atoms with van der Waals surface area (Å²) in [6.07, 6.45) is 8.19. The molecular formula is C16H26N2O. The van der Waals surface area contributed by atoms with Crippen molar-refractivity contribution < 1.29 is 4.74 Å². The second-order valence-electron chi connectivity index (χ2n) is 5.60. The fourth-order valence-corrected chi connectivity index (χ4v) is 2.99. The minimum absolute atomic E-state index is 0.0879. The van der Waals surface area contributed by atoms with Gasteiger partial charge in [-0.2, -0.15) is 0 Å². The zero-order valence-corrected chi connectivity index (χ0v) is 12.4. The van der Waals surface area contributed by atoms with Gasteiger partial charge in [-0.15, -0.1) is 0 Å². The Morgan fingerprint density at radius 1 is 1.47 bits per heavy atom. The summed E-state index contributed by atoms with van der Waals surface area (Å²) in [4.78, 5) is 4.20. The van der Waals surface area contributed by atoms with Crippen molar-refractivity contribution in [3.05, 3.63) is 30.1 Å². The Hall–Kier alpha value is -0.930. The van der Waals surface area contributed by atoms with Gasteiger partial charge in [-0.3, -0.25) is 4.98 Å². The minimum Gasteiger partial charge on any atom is -0.375 e. The van der Waals surface area contributed by atoms with Crippen LogP contribution in [0.2, 0.25) is 0 Å². The lowest BCUT2D eigenvalue weighted by molar-refractivity contribution is -0.0939. The fraction of sp³-hybridized carbons (Fsp3) is 0.688. The van der Waals surface area contributed by atoms with Crippen molar-refractivity contribution in [2.45, 2.75) is 64.1 Å². The van der Waals surface area contributed by atoms with Crippen molar-refractivity contribution in [2.24, 2.45) is 0 Å². The Kier molecular flexibility index (Phi) is 4.94. The van der Waals surface area contributed by atoms with Gasteiger partial charge < -0.3 is 10.1 Å². The molecule has 0 aromatic carbocycles. The second-order valence-corrected chi connectivity index (χ2v) is 5.60. The Labute approximate surface area is 116 Å². The first-order valence-corrected chi connectivity index (χ1v) is 7.49. The number of pyridine rings is 1. The van der Waals surface area contributed by atoms with Crippen LogP contribution in [-0.2, 0) is 4.74 Å². The van der Waals surface area contributed by atoms with Gasteiger partial charge in [0.05, 0.1) is 5.60 Å². The Bertz CT molecular complexity index is 376. The fourth-order valence-electron chi connectivity index (χ4n) is 2.99. The van der Waals surface area contributed by atoms with E-state index in [-0.39, 0.29) is 5.60 Å². The zero-order chi connectivity index (χ0) is 13.7. The predicted molar refractivity (Wildman–Crippen MR) is 78.1 cm³/mol. The van der Waals surface area contributed by atoms with Gasteiger partial charge in [0, 0.05) is 31.1 Å². The number of rotatable bonds is 5. The van der Waals surface area contributed by atoms with Gasteiger partial charge in [0.2, 0.25) is 0 Å². The maximum atomic E-state index is 6.03. The van der Waals surface area contributed by atoms with Gasteiger partial charge >= 0.3 is 0 Å². The van der Waals surface area contributed by atoms with Crippen molar-refractivity contribution in [2.75, 3.05) is 6.61 Å². The summed E-state index contributed by atoms with van der Waals surface area (Å²) in [5.41, 5.74) is 1.34. The third-order valence-electron chi connectivity index (χ3n) is 4.45. The Balaban J connectivity index is 1.96. The monoisotopic (exact) mass is 262 g/mol. The first kappa shape index (κ1) is 14.5. The van der Waals surface area contributed by atoms with E-state index in [0.717, 1.165) is 32.3 Å². The lowest BCUT2D eigenvalue weighted by Crippen LogP contribution is -2.47. The van der Waals surface area contributed by atoms with E-state index < -0.39 is 0 Å². The molecule has 3 nitrogen and oxygen atoms in total. The molecule has 19 heavy (non-hydrogen) atoms. The van der Waals surface area contributed by atoms with Crippen LogP contribution in [0.1, 0.15) is 58.1 Å². The number of ether oxygens (including phenoxy) is 1. The van der Waals surface area contributed by atoms with Crippen LogP contribution in [0, 0.1) is 0 Å². The normalized spacial score (nSPS) is 24.1. The maximum Gasteiger partial charge on any atom is 0.0692 e. The molecule has 0 spiro atoms. The minimum atomic E-state index is 0.0879. The van der Waals surface area contributed by atoms with E-state index in [1.54, 1.807) is 0 Å². The molecule has 2 heterocycles. The number of nitrogens with zero attached hydrogens (tertiary/aromatic N) is 1. The van der Waals surface area contributed by atoms with E-state index >= 15 is 0 Å². The van der Waals surface area contributed by atoms with Crippen LogP contribution < -0.4 is 5.32 Å². The smallest absolute Gasteiger partial charge is 0.0692 e. The molecule has 1 aromatic heterocycles. The molecule has 0 radical (unpaired) electrons. The van der Waals surface area contributed by atoms with Crippen molar-refractivity contribution in [3.8, 4) is 0 Å². The highest BCUT2D eigenvalue weighted by Crippen LogP contribution is 2.32. The van der Waals surface area contributed by atoms with Gasteiger partial charge in [0.1, 0.15) is 0 Å². The SMILES string of the molecule is CCC1(CC)CC(NC(C)c2cccnc2)CCO1. The molecule has 1 aliphatic heterocycles. The molecule has 0 bridgehead atoms. The van der Waals surface area contributed by atoms with E-state index in [1.165, 1.54) is 5.56 Å². The molecule has 1 fully saturated rings. The molecule has 2 atom stereocenters. The average molecular weight is 262 g/mol. The highest BCUT2D eigenvalue weighted by Gasteiger charge is 2.34. The summed E-state index contributed by atoms with van der Waals surface area (Å²) in [6, 6.07) is 5.03. The molecule has 0 aliphatic carbocycles.